The monoisotopic (exact) mass is 281 g/mol. The number of H-pyrrole nitrogens is 1. The lowest BCUT2D eigenvalue weighted by Crippen LogP contribution is -2.32. The number of aldehydes is 1. The van der Waals surface area contributed by atoms with Crippen LogP contribution in [0.15, 0.2) is 30.3 Å². The molecule has 2 aromatic heterocycles. The molecule has 104 valence electrons. The van der Waals surface area contributed by atoms with E-state index in [4.69, 9.17) is 5.73 Å². The summed E-state index contributed by atoms with van der Waals surface area (Å²) in [4.78, 5) is 18.5. The summed E-state index contributed by atoms with van der Waals surface area (Å²) in [6.45, 7) is 0. The zero-order valence-corrected chi connectivity index (χ0v) is 10.8. The van der Waals surface area contributed by atoms with Crippen molar-refractivity contribution in [1.29, 1.82) is 0 Å². The molecule has 1 aromatic carbocycles. The first-order valence-electron chi connectivity index (χ1n) is 6.29. The number of rotatable bonds is 2. The molecule has 1 aliphatic heterocycles. The van der Waals surface area contributed by atoms with Crippen LogP contribution >= 0.6 is 0 Å². The van der Waals surface area contributed by atoms with Crippen molar-refractivity contribution >= 4 is 34.7 Å². The number of anilines is 1. The number of carbonyl (C=O) groups excluding carboxylic acids is 1. The number of benzene rings is 1. The fourth-order valence-electron chi connectivity index (χ4n) is 2.28. The van der Waals surface area contributed by atoms with Crippen molar-refractivity contribution in [1.82, 2.24) is 25.2 Å². The average molecular weight is 281 g/mol. The molecule has 0 atom stereocenters. The minimum Gasteiger partial charge on any atom is -0.382 e. The van der Waals surface area contributed by atoms with Crippen LogP contribution in [0, 0.1) is 0 Å². The molecule has 21 heavy (non-hydrogen) atoms. The maximum absolute atomic E-state index is 10.8. The number of para-hydroxylation sites is 2. The van der Waals surface area contributed by atoms with Crippen molar-refractivity contribution < 1.29 is 4.79 Å². The molecule has 0 saturated heterocycles. The van der Waals surface area contributed by atoms with E-state index in [0.717, 1.165) is 11.0 Å². The number of nitrogens with one attached hydrogen (secondary N) is 3. The number of nitrogens with zero attached hydrogens (tertiary/aromatic N) is 3. The first-order valence-corrected chi connectivity index (χ1v) is 6.29. The van der Waals surface area contributed by atoms with E-state index in [2.05, 4.69) is 25.9 Å². The molecule has 1 aliphatic rings. The maximum Gasteiger partial charge on any atom is 0.170 e. The van der Waals surface area contributed by atoms with Crippen LogP contribution in [0.3, 0.4) is 0 Å². The van der Waals surface area contributed by atoms with E-state index in [1.165, 1.54) is 4.68 Å². The lowest BCUT2D eigenvalue weighted by atomic mass is 10.3. The second kappa shape index (κ2) is 4.10. The number of hydrogen-bond acceptors (Lipinski definition) is 6. The molecule has 4 rings (SSSR count). The standard InChI is InChI=1S/C13H11N7O/c14-12-11(13-15-8-3-1-2-4-9(8)16-13)18-17-10-5-7(6-21)19-20(10)12/h1-6,17-18H,14H2,(H,15,16). The van der Waals surface area contributed by atoms with Gasteiger partial charge < -0.3 is 10.7 Å². The van der Waals surface area contributed by atoms with Gasteiger partial charge in [-0.05, 0) is 12.1 Å². The van der Waals surface area contributed by atoms with Crippen LogP contribution < -0.4 is 16.6 Å². The molecule has 3 aromatic rings. The zero-order valence-electron chi connectivity index (χ0n) is 10.8. The number of hydrazine groups is 1. The maximum atomic E-state index is 10.8. The predicted molar refractivity (Wildman–Crippen MR) is 77.8 cm³/mol. The number of fused-ring (bicyclic) bond motifs is 2. The molecule has 5 N–H and O–H groups in total. The molecule has 3 heterocycles. The Bertz CT molecular complexity index is 856. The molecule has 8 nitrogen and oxygen atoms in total. The largest absolute Gasteiger partial charge is 0.382 e. The third-order valence-electron chi connectivity index (χ3n) is 3.28. The lowest BCUT2D eigenvalue weighted by molar-refractivity contribution is 0.111. The van der Waals surface area contributed by atoms with Gasteiger partial charge >= 0.3 is 0 Å². The molecular weight excluding hydrogens is 270 g/mol. The van der Waals surface area contributed by atoms with Crippen LogP contribution in [0.1, 0.15) is 16.3 Å². The predicted octanol–water partition coefficient (Wildman–Crippen LogP) is 0.744. The summed E-state index contributed by atoms with van der Waals surface area (Å²) < 4.78 is 1.46. The third-order valence-corrected chi connectivity index (χ3v) is 3.28. The fourth-order valence-corrected chi connectivity index (χ4v) is 2.28. The lowest BCUT2D eigenvalue weighted by Gasteiger charge is -2.20. The van der Waals surface area contributed by atoms with Crippen LogP contribution in [0.5, 0.6) is 0 Å². The quantitative estimate of drug-likeness (QED) is 0.515. The van der Waals surface area contributed by atoms with Gasteiger partial charge in [0.15, 0.2) is 23.7 Å². The van der Waals surface area contributed by atoms with Crippen molar-refractivity contribution in [3.05, 3.63) is 41.9 Å². The minimum atomic E-state index is 0.299. The van der Waals surface area contributed by atoms with E-state index >= 15 is 0 Å². The van der Waals surface area contributed by atoms with Gasteiger partial charge in [-0.3, -0.25) is 15.6 Å². The fraction of sp³-hybridized carbons (Fsp3) is 0. The second-order valence-electron chi connectivity index (χ2n) is 4.60. The summed E-state index contributed by atoms with van der Waals surface area (Å²) in [5, 5.41) is 4.10. The molecule has 0 radical (unpaired) electrons. The highest BCUT2D eigenvalue weighted by molar-refractivity contribution is 5.87. The Hall–Kier alpha value is -3.29. The Balaban J connectivity index is 1.87. The molecule has 0 bridgehead atoms. The van der Waals surface area contributed by atoms with Crippen molar-refractivity contribution in [2.45, 2.75) is 0 Å². The summed E-state index contributed by atoms with van der Waals surface area (Å²) in [7, 11) is 0. The zero-order chi connectivity index (χ0) is 14.4. The van der Waals surface area contributed by atoms with Gasteiger partial charge in [0.05, 0.1) is 11.0 Å². The number of hydrogen-bond donors (Lipinski definition) is 4. The smallest absolute Gasteiger partial charge is 0.170 e. The first-order chi connectivity index (χ1) is 10.3. The van der Waals surface area contributed by atoms with E-state index < -0.39 is 0 Å². The Labute approximate surface area is 118 Å². The normalized spacial score (nSPS) is 13.7. The summed E-state index contributed by atoms with van der Waals surface area (Å²) in [5.41, 5.74) is 14.6. The topological polar surface area (TPSA) is 114 Å². The molecule has 0 aliphatic carbocycles. The van der Waals surface area contributed by atoms with Crippen LogP contribution in [0.2, 0.25) is 0 Å². The van der Waals surface area contributed by atoms with Gasteiger partial charge in [0.2, 0.25) is 0 Å². The summed E-state index contributed by atoms with van der Waals surface area (Å²) >= 11 is 0. The van der Waals surface area contributed by atoms with Crippen LogP contribution in [-0.2, 0) is 0 Å². The van der Waals surface area contributed by atoms with Gasteiger partial charge in [0.25, 0.3) is 0 Å². The molecule has 0 saturated carbocycles. The van der Waals surface area contributed by atoms with Crippen molar-refractivity contribution in [2.75, 3.05) is 5.43 Å². The number of imidazole rings is 1. The van der Waals surface area contributed by atoms with Crippen molar-refractivity contribution in [2.24, 2.45) is 5.73 Å². The van der Waals surface area contributed by atoms with Crippen molar-refractivity contribution in [3.8, 4) is 0 Å². The number of aromatic amines is 1. The van der Waals surface area contributed by atoms with Crippen LogP contribution in [0.25, 0.3) is 22.6 Å². The van der Waals surface area contributed by atoms with Gasteiger partial charge in [-0.25, -0.2) is 4.98 Å². The van der Waals surface area contributed by atoms with Gasteiger partial charge in [-0.2, -0.15) is 9.78 Å². The Morgan fingerprint density at radius 1 is 1.24 bits per heavy atom. The average Bonchev–Trinajstić information content (AvgIpc) is 3.11. The van der Waals surface area contributed by atoms with E-state index in [1.807, 2.05) is 24.3 Å². The highest BCUT2D eigenvalue weighted by atomic mass is 16.1. The summed E-state index contributed by atoms with van der Waals surface area (Å²) in [5.74, 6) is 1.54. The molecule has 0 spiro atoms. The minimum absolute atomic E-state index is 0.299. The van der Waals surface area contributed by atoms with E-state index in [-0.39, 0.29) is 0 Å². The third kappa shape index (κ3) is 1.66. The SMILES string of the molecule is NC1=C(c2nc3ccccc3[nH]2)NNc2cc(C=O)nn21. The number of carbonyl (C=O) groups is 1. The van der Waals surface area contributed by atoms with Gasteiger partial charge in [0.1, 0.15) is 11.4 Å². The first kappa shape index (κ1) is 11.5. The van der Waals surface area contributed by atoms with Crippen LogP contribution in [-0.4, -0.2) is 26.0 Å². The summed E-state index contributed by atoms with van der Waals surface area (Å²) in [6, 6.07) is 9.28. The molecular formula is C13H11N7O. The number of aromatic nitrogens is 4. The second-order valence-corrected chi connectivity index (χ2v) is 4.60. The Morgan fingerprint density at radius 2 is 2.10 bits per heavy atom. The van der Waals surface area contributed by atoms with Gasteiger partial charge in [-0.1, -0.05) is 12.1 Å². The van der Waals surface area contributed by atoms with Gasteiger partial charge in [0, 0.05) is 6.07 Å². The van der Waals surface area contributed by atoms with Gasteiger partial charge in [-0.15, -0.1) is 0 Å². The summed E-state index contributed by atoms with van der Waals surface area (Å²) in [6.07, 6.45) is 0.668. The number of nitrogens with two attached hydrogens (primary N) is 1. The van der Waals surface area contributed by atoms with Crippen LogP contribution in [0.4, 0.5) is 5.82 Å². The molecule has 0 unspecified atom stereocenters. The van der Waals surface area contributed by atoms with E-state index in [1.54, 1.807) is 6.07 Å². The Morgan fingerprint density at radius 3 is 2.90 bits per heavy atom. The highest BCUT2D eigenvalue weighted by Crippen LogP contribution is 2.24. The molecule has 8 heteroatoms. The Kier molecular flexibility index (Phi) is 2.25. The molecule has 0 amide bonds. The van der Waals surface area contributed by atoms with Crippen molar-refractivity contribution in [3.63, 3.8) is 0 Å². The highest BCUT2D eigenvalue weighted by Gasteiger charge is 2.21. The van der Waals surface area contributed by atoms with E-state index in [0.29, 0.717) is 35.1 Å². The van der Waals surface area contributed by atoms with E-state index in [9.17, 15) is 4.79 Å². The molecule has 0 fully saturated rings.